The topological polar surface area (TPSA) is 69.4 Å². The molecule has 6 nitrogen and oxygen atoms in total. The van der Waals surface area contributed by atoms with Gasteiger partial charge in [-0.25, -0.2) is 9.50 Å². The zero-order valence-electron chi connectivity index (χ0n) is 8.25. The minimum absolute atomic E-state index is 0.0127. The highest BCUT2D eigenvalue weighted by molar-refractivity contribution is 5.81. The smallest absolute Gasteiger partial charge is 0.252 e. The Bertz CT molecular complexity index is 480. The van der Waals surface area contributed by atoms with Crippen molar-refractivity contribution in [1.82, 2.24) is 19.6 Å². The van der Waals surface area contributed by atoms with E-state index < -0.39 is 0 Å². The summed E-state index contributed by atoms with van der Waals surface area (Å²) in [6.07, 6.45) is 5.08. The predicted molar refractivity (Wildman–Crippen MR) is 51.4 cm³/mol. The molecule has 2 rings (SSSR count). The molecule has 0 aliphatic carbocycles. The first-order valence-corrected chi connectivity index (χ1v) is 4.44. The molecular formula is C9H10N4O2. The van der Waals surface area contributed by atoms with Gasteiger partial charge < -0.3 is 4.74 Å². The summed E-state index contributed by atoms with van der Waals surface area (Å²) in [5.74, 6) is 0.539. The maximum atomic E-state index is 11.3. The summed E-state index contributed by atoms with van der Waals surface area (Å²) in [6, 6.07) is 0. The summed E-state index contributed by atoms with van der Waals surface area (Å²) < 4.78 is 6.28. The lowest BCUT2D eigenvalue weighted by Crippen LogP contribution is -2.10. The lowest BCUT2D eigenvalue weighted by molar-refractivity contribution is -0.121. The van der Waals surface area contributed by atoms with E-state index in [4.69, 9.17) is 4.74 Å². The number of rotatable bonds is 4. The van der Waals surface area contributed by atoms with E-state index >= 15 is 0 Å². The maximum absolute atomic E-state index is 11.3. The molecule has 0 bridgehead atoms. The van der Waals surface area contributed by atoms with E-state index in [2.05, 4.69) is 15.1 Å². The zero-order chi connectivity index (χ0) is 10.7. The number of aromatic nitrogens is 4. The molecule has 0 saturated heterocycles. The third kappa shape index (κ3) is 2.16. The largest absolute Gasteiger partial charge is 0.377 e. The Balaban J connectivity index is 2.17. The Kier molecular flexibility index (Phi) is 2.68. The third-order valence-corrected chi connectivity index (χ3v) is 1.89. The fourth-order valence-electron chi connectivity index (χ4n) is 1.29. The van der Waals surface area contributed by atoms with Crippen molar-refractivity contribution in [3.63, 3.8) is 0 Å². The molecule has 0 amide bonds. The number of nitrogens with zero attached hydrogens (tertiary/aromatic N) is 4. The van der Waals surface area contributed by atoms with Gasteiger partial charge in [-0.1, -0.05) is 0 Å². The molecule has 2 heterocycles. The molecule has 78 valence electrons. The summed E-state index contributed by atoms with van der Waals surface area (Å²) in [6.45, 7) is 0.120. The molecule has 0 aliphatic rings. The van der Waals surface area contributed by atoms with Gasteiger partial charge in [0.15, 0.2) is 5.78 Å². The second-order valence-corrected chi connectivity index (χ2v) is 3.12. The molecule has 0 N–H and O–H groups in total. The highest BCUT2D eigenvalue weighted by Gasteiger charge is 2.05. The Morgan fingerprint density at radius 1 is 1.53 bits per heavy atom. The van der Waals surface area contributed by atoms with Crippen LogP contribution >= 0.6 is 0 Å². The summed E-state index contributed by atoms with van der Waals surface area (Å²) in [5, 5.41) is 3.93. The first-order chi connectivity index (χ1) is 7.29. The fraction of sp³-hybridized carbons (Fsp3) is 0.333. The number of hydrogen-bond acceptors (Lipinski definition) is 5. The summed E-state index contributed by atoms with van der Waals surface area (Å²) in [5.41, 5.74) is 0.801. The molecule has 0 unspecified atom stereocenters. The van der Waals surface area contributed by atoms with Crippen LogP contribution in [0.4, 0.5) is 0 Å². The van der Waals surface area contributed by atoms with Gasteiger partial charge >= 0.3 is 0 Å². The second kappa shape index (κ2) is 4.14. The van der Waals surface area contributed by atoms with Crippen molar-refractivity contribution in [1.29, 1.82) is 0 Å². The van der Waals surface area contributed by atoms with Crippen LogP contribution in [0.1, 0.15) is 5.56 Å². The molecule has 2 aromatic rings. The van der Waals surface area contributed by atoms with Crippen LogP contribution < -0.4 is 0 Å². The molecule has 0 aliphatic heterocycles. The quantitative estimate of drug-likeness (QED) is 0.697. The van der Waals surface area contributed by atoms with Crippen LogP contribution in [0.3, 0.4) is 0 Å². The normalized spacial score (nSPS) is 10.7. The van der Waals surface area contributed by atoms with Crippen molar-refractivity contribution in [3.8, 4) is 0 Å². The van der Waals surface area contributed by atoms with Gasteiger partial charge in [-0.2, -0.15) is 10.1 Å². The van der Waals surface area contributed by atoms with E-state index in [0.717, 1.165) is 5.56 Å². The number of fused-ring (bicyclic) bond motifs is 1. The highest BCUT2D eigenvalue weighted by atomic mass is 16.5. The van der Waals surface area contributed by atoms with Crippen molar-refractivity contribution in [2.45, 2.75) is 6.42 Å². The molecule has 6 heteroatoms. The highest BCUT2D eigenvalue weighted by Crippen LogP contribution is 2.00. The van der Waals surface area contributed by atoms with Gasteiger partial charge in [-0.3, -0.25) is 4.79 Å². The number of ether oxygens (including phenoxy) is 1. The maximum Gasteiger partial charge on any atom is 0.252 e. The molecule has 0 atom stereocenters. The first kappa shape index (κ1) is 9.72. The second-order valence-electron chi connectivity index (χ2n) is 3.12. The first-order valence-electron chi connectivity index (χ1n) is 4.44. The SMILES string of the molecule is COCC(=O)Cc1cnc2ncnn2c1. The van der Waals surface area contributed by atoms with Crippen LogP contribution in [-0.4, -0.2) is 39.1 Å². The summed E-state index contributed by atoms with van der Waals surface area (Å²) >= 11 is 0. The van der Waals surface area contributed by atoms with E-state index in [0.29, 0.717) is 12.2 Å². The van der Waals surface area contributed by atoms with Gasteiger partial charge in [0.1, 0.15) is 12.9 Å². The molecule has 0 fully saturated rings. The minimum atomic E-state index is 0.0127. The van der Waals surface area contributed by atoms with E-state index in [1.165, 1.54) is 18.0 Å². The van der Waals surface area contributed by atoms with Gasteiger partial charge in [0.25, 0.3) is 5.78 Å². The molecule has 0 saturated carbocycles. The minimum Gasteiger partial charge on any atom is -0.377 e. The van der Waals surface area contributed by atoms with E-state index in [1.807, 2.05) is 0 Å². The number of methoxy groups -OCH3 is 1. The van der Waals surface area contributed by atoms with Crippen LogP contribution in [0.2, 0.25) is 0 Å². The van der Waals surface area contributed by atoms with Crippen LogP contribution in [0.15, 0.2) is 18.7 Å². The lowest BCUT2D eigenvalue weighted by atomic mass is 10.2. The van der Waals surface area contributed by atoms with Gasteiger partial charge in [-0.15, -0.1) is 0 Å². The van der Waals surface area contributed by atoms with Crippen molar-refractivity contribution < 1.29 is 9.53 Å². The average Bonchev–Trinajstić information content (AvgIpc) is 2.65. The molecular weight excluding hydrogens is 196 g/mol. The number of ketones is 1. The monoisotopic (exact) mass is 206 g/mol. The Labute approximate surface area is 85.9 Å². The van der Waals surface area contributed by atoms with Crippen LogP contribution in [0, 0.1) is 0 Å². The van der Waals surface area contributed by atoms with Gasteiger partial charge in [0, 0.05) is 25.9 Å². The van der Waals surface area contributed by atoms with E-state index in [1.54, 1.807) is 12.4 Å². The Morgan fingerprint density at radius 3 is 3.20 bits per heavy atom. The molecule has 0 spiro atoms. The predicted octanol–water partition coefficient (Wildman–Crippen LogP) is -0.118. The molecule has 0 radical (unpaired) electrons. The number of hydrogen-bond donors (Lipinski definition) is 0. The zero-order valence-corrected chi connectivity index (χ0v) is 8.25. The number of Topliss-reactive ketones (excluding diaryl/α,β-unsaturated/α-hetero) is 1. The summed E-state index contributed by atoms with van der Waals surface area (Å²) in [7, 11) is 1.50. The van der Waals surface area contributed by atoms with Gasteiger partial charge in [0.05, 0.1) is 0 Å². The summed E-state index contributed by atoms with van der Waals surface area (Å²) in [4.78, 5) is 19.2. The Hall–Kier alpha value is -1.82. The van der Waals surface area contributed by atoms with Crippen molar-refractivity contribution in [2.24, 2.45) is 0 Å². The standard InChI is InChI=1S/C9H10N4O2/c1-15-5-8(14)2-7-3-10-9-11-6-12-13(9)4-7/h3-4,6H,2,5H2,1H3. The Morgan fingerprint density at radius 2 is 2.40 bits per heavy atom. The average molecular weight is 206 g/mol. The van der Waals surface area contributed by atoms with E-state index in [-0.39, 0.29) is 12.4 Å². The third-order valence-electron chi connectivity index (χ3n) is 1.89. The van der Waals surface area contributed by atoms with Crippen molar-refractivity contribution in [2.75, 3.05) is 13.7 Å². The molecule has 2 aromatic heterocycles. The number of carbonyl (C=O) groups excluding carboxylic acids is 1. The van der Waals surface area contributed by atoms with Crippen LogP contribution in [0.5, 0.6) is 0 Å². The van der Waals surface area contributed by atoms with Crippen molar-refractivity contribution >= 4 is 11.6 Å². The van der Waals surface area contributed by atoms with Gasteiger partial charge in [-0.05, 0) is 5.56 Å². The number of carbonyl (C=O) groups is 1. The van der Waals surface area contributed by atoms with Crippen LogP contribution in [-0.2, 0) is 16.0 Å². The molecule has 0 aromatic carbocycles. The van der Waals surface area contributed by atoms with Crippen molar-refractivity contribution in [3.05, 3.63) is 24.3 Å². The van der Waals surface area contributed by atoms with Gasteiger partial charge in [0.2, 0.25) is 0 Å². The molecule has 15 heavy (non-hydrogen) atoms. The van der Waals surface area contributed by atoms with E-state index in [9.17, 15) is 4.79 Å². The lowest BCUT2D eigenvalue weighted by Gasteiger charge is -1.99. The fourth-order valence-corrected chi connectivity index (χ4v) is 1.29. The van der Waals surface area contributed by atoms with Crippen LogP contribution in [0.25, 0.3) is 5.78 Å².